The monoisotopic (exact) mass is 1820 g/mol. The molecule has 8 aliphatic rings. The molecule has 7 aliphatic heterocycles. The summed E-state index contributed by atoms with van der Waals surface area (Å²) in [6, 6.07) is 85.5. The number of hydrogen-bond acceptors (Lipinski definition) is 16. The van der Waals surface area contributed by atoms with E-state index in [1.807, 2.05) is 72.8 Å². The minimum atomic E-state index is -0.180. The van der Waals surface area contributed by atoms with Gasteiger partial charge in [-0.05, 0) is 249 Å². The predicted molar refractivity (Wildman–Crippen MR) is 559 cm³/mol. The lowest BCUT2D eigenvalue weighted by molar-refractivity contribution is 0.0963. The first kappa shape index (κ1) is 94.2. The standard InChI is InChI=1S/C30H42N6O.C28H38FN5.C28H37N5.C27H26N4/c1-22(2)35-17-15-34(16-18-35)14-11-32-26-9-12-36(13-10-26)27-6-4-5-23(20-27)29-21-25-19-24(30(37)31-3)7-8-28(25)33-29;1-21(2)33-17-15-32(16-18-33)14-11-30-23-9-12-34(13-10-23)24-7-8-26(29)25(20-24)28-19-22-5-3-4-6-27(22)31-28;1-31-15-17-32(18-16-31)21-28(11-12-28)30-24-9-13-33(14-10-24)25-7-4-6-22(19-25)27-20-23-5-2-3-8-26(23)29-27;28-18-21-9-10-26-23(15-21)17-27(30-26)22-7-4-8-25(16-22)31-13-11-24(12-14-31)29-19-20-5-2-1-3-6-20/h4-8,19-22,26,32-33H,9-18H2,1-3H3,(H,31,37);3-8,19-21,23,30-31H,9-18H2,1-2H3;2-8,19-20,24,29-30H,9-18,21H2,1H3;1-10,15-17,24,29-30H,11-14,19H2. The number of rotatable bonds is 26. The van der Waals surface area contributed by atoms with E-state index in [-0.39, 0.29) is 11.7 Å². The van der Waals surface area contributed by atoms with Gasteiger partial charge in [-0.1, -0.05) is 103 Å². The zero-order valence-electron chi connectivity index (χ0n) is 80.6. The van der Waals surface area contributed by atoms with Gasteiger partial charge in [0.1, 0.15) is 5.82 Å². The molecule has 13 aromatic rings. The minimum absolute atomic E-state index is 0.0611. The van der Waals surface area contributed by atoms with Crippen molar-refractivity contribution in [3.8, 4) is 51.1 Å². The summed E-state index contributed by atoms with van der Waals surface area (Å²) in [5.41, 5.74) is 21.0. The molecule has 9 N–H and O–H groups in total. The maximum atomic E-state index is 14.7. The van der Waals surface area contributed by atoms with Crippen LogP contribution in [0.5, 0.6) is 0 Å². The van der Waals surface area contributed by atoms with E-state index in [4.69, 9.17) is 5.26 Å². The highest BCUT2D eigenvalue weighted by molar-refractivity contribution is 5.99. The van der Waals surface area contributed by atoms with Gasteiger partial charge in [-0.3, -0.25) is 29.3 Å². The van der Waals surface area contributed by atoms with Crippen molar-refractivity contribution in [1.82, 2.24) is 75.9 Å². The molecule has 0 bridgehead atoms. The van der Waals surface area contributed by atoms with E-state index >= 15 is 0 Å². The van der Waals surface area contributed by atoms with Gasteiger partial charge >= 0.3 is 0 Å². The lowest BCUT2D eigenvalue weighted by atomic mass is 10.0. The zero-order valence-corrected chi connectivity index (χ0v) is 80.6. The van der Waals surface area contributed by atoms with E-state index in [1.54, 1.807) is 13.1 Å². The summed E-state index contributed by atoms with van der Waals surface area (Å²) in [4.78, 5) is 51.4. The van der Waals surface area contributed by atoms with E-state index in [0.29, 0.717) is 58.5 Å². The number of carbonyl (C=O) groups is 1. The highest BCUT2D eigenvalue weighted by Crippen LogP contribution is 2.40. The molecule has 22 heteroatoms. The summed E-state index contributed by atoms with van der Waals surface area (Å²) in [7, 11) is 3.90. The largest absolute Gasteiger partial charge is 0.371 e. The van der Waals surface area contributed by atoms with Crippen LogP contribution in [-0.4, -0.2) is 275 Å². The quantitative estimate of drug-likeness (QED) is 0.0248. The van der Waals surface area contributed by atoms with E-state index < -0.39 is 0 Å². The maximum absolute atomic E-state index is 14.7. The number of aromatic amines is 4. The second kappa shape index (κ2) is 44.8. The number of aromatic nitrogens is 4. The Kier molecular flexibility index (Phi) is 31.2. The summed E-state index contributed by atoms with van der Waals surface area (Å²) in [6.45, 7) is 38.8. The number of hydrogen-bond donors (Lipinski definition) is 9. The number of nitriles is 1. The third-order valence-electron chi connectivity index (χ3n) is 30.0. The first-order chi connectivity index (χ1) is 66.0. The number of halogens is 1. The van der Waals surface area contributed by atoms with Crippen molar-refractivity contribution >= 4 is 72.3 Å². The van der Waals surface area contributed by atoms with E-state index in [0.717, 1.165) is 166 Å². The number of amides is 1. The van der Waals surface area contributed by atoms with Gasteiger partial charge in [0.05, 0.1) is 11.6 Å². The summed E-state index contributed by atoms with van der Waals surface area (Å²) < 4.78 is 14.7. The molecular weight excluding hydrogens is 1670 g/mol. The van der Waals surface area contributed by atoms with Crippen LogP contribution in [0.15, 0.2) is 231 Å². The highest BCUT2D eigenvalue weighted by atomic mass is 19.1. The molecule has 0 unspecified atom stereocenters. The minimum Gasteiger partial charge on any atom is -0.371 e. The molecule has 21 rings (SSSR count). The molecule has 1 amide bonds. The van der Waals surface area contributed by atoms with E-state index in [2.05, 4.69) is 288 Å². The van der Waals surface area contributed by atoms with Crippen LogP contribution in [0.2, 0.25) is 0 Å². The molecule has 0 radical (unpaired) electrons. The Morgan fingerprint density at radius 2 is 0.822 bits per heavy atom. The van der Waals surface area contributed by atoms with Crippen molar-refractivity contribution in [2.24, 2.45) is 0 Å². The SMILES string of the molecule is CC(C)N1CCN(CCNC2CCN(c3ccc(F)c(-c4cc5ccccc5[nH]4)c3)CC2)CC1.CN1CCN(CC2(NC3CCN(c4cccc(-c5cc6ccccc6[nH]5)c4)CC3)CC2)CC1.CNC(=O)c1ccc2[nH]c(-c3cccc(N4CCC(NCCN5CCN(C(C)C)CC5)CC4)c3)cc2c1.N#Cc1ccc2[nH]c(-c3cccc(N4CCC(NCc5ccccc5)CC4)c3)cc2c1. The molecule has 4 aromatic heterocycles. The van der Waals surface area contributed by atoms with Crippen LogP contribution in [-0.2, 0) is 6.54 Å². The Balaban J connectivity index is 0.000000120. The molecule has 0 spiro atoms. The van der Waals surface area contributed by atoms with Crippen LogP contribution in [0.4, 0.5) is 27.1 Å². The first-order valence-electron chi connectivity index (χ1n) is 50.5. The number of carbonyl (C=O) groups excluding carboxylic acids is 1. The fourth-order valence-electron chi connectivity index (χ4n) is 21.3. The number of H-pyrrole nitrogens is 4. The number of piperidine rings is 4. The maximum Gasteiger partial charge on any atom is 0.251 e. The van der Waals surface area contributed by atoms with Gasteiger partial charge in [0, 0.05) is 319 Å². The normalized spacial score (nSPS) is 18.5. The number of benzene rings is 9. The molecule has 708 valence electrons. The number of anilines is 4. The number of likely N-dealkylation sites (N-methyl/N-ethyl adjacent to an activating group) is 1. The van der Waals surface area contributed by atoms with Crippen molar-refractivity contribution in [3.63, 3.8) is 0 Å². The number of piperazine rings is 3. The second-order valence-corrected chi connectivity index (χ2v) is 39.8. The van der Waals surface area contributed by atoms with Gasteiger partial charge in [0.25, 0.3) is 5.91 Å². The van der Waals surface area contributed by atoms with Gasteiger partial charge in [0.15, 0.2) is 0 Å². The van der Waals surface area contributed by atoms with Crippen LogP contribution in [0.3, 0.4) is 0 Å². The van der Waals surface area contributed by atoms with Crippen LogP contribution in [0, 0.1) is 17.1 Å². The molecule has 1 saturated carbocycles. The molecule has 9 aromatic carbocycles. The fraction of sp³-hybridized carbons (Fsp3) is 0.434. The van der Waals surface area contributed by atoms with Crippen LogP contribution < -0.4 is 46.2 Å². The van der Waals surface area contributed by atoms with E-state index in [9.17, 15) is 9.18 Å². The Hall–Kier alpha value is -11.2. The van der Waals surface area contributed by atoms with Gasteiger partial charge in [0.2, 0.25) is 0 Å². The highest BCUT2D eigenvalue weighted by Gasteiger charge is 2.46. The lowest BCUT2D eigenvalue weighted by Crippen LogP contribution is -2.54. The molecule has 0 atom stereocenters. The molecule has 11 heterocycles. The van der Waals surface area contributed by atoms with Crippen LogP contribution in [0.1, 0.15) is 113 Å². The third kappa shape index (κ3) is 24.6. The average molecular weight is 1820 g/mol. The third-order valence-corrected chi connectivity index (χ3v) is 30.0. The van der Waals surface area contributed by atoms with Crippen LogP contribution >= 0.6 is 0 Å². The van der Waals surface area contributed by atoms with Crippen molar-refractivity contribution in [1.29, 1.82) is 5.26 Å². The summed E-state index contributed by atoms with van der Waals surface area (Å²) >= 11 is 0. The lowest BCUT2D eigenvalue weighted by Gasteiger charge is -2.39. The summed E-state index contributed by atoms with van der Waals surface area (Å²) in [5.74, 6) is -0.241. The number of nitrogens with zero attached hydrogens (tertiary/aromatic N) is 11. The Bertz CT molecular complexity index is 5960. The van der Waals surface area contributed by atoms with Gasteiger partial charge in [-0.15, -0.1) is 0 Å². The van der Waals surface area contributed by atoms with Crippen LogP contribution in [0.25, 0.3) is 88.6 Å². The van der Waals surface area contributed by atoms with Crippen molar-refractivity contribution in [2.45, 2.75) is 140 Å². The summed E-state index contributed by atoms with van der Waals surface area (Å²) in [5, 5.41) is 31.8. The van der Waals surface area contributed by atoms with Crippen molar-refractivity contribution < 1.29 is 9.18 Å². The number of nitrogens with one attached hydrogen (secondary N) is 9. The number of para-hydroxylation sites is 2. The molecule has 7 saturated heterocycles. The Morgan fingerprint density at radius 3 is 1.29 bits per heavy atom. The van der Waals surface area contributed by atoms with E-state index in [1.165, 1.54) is 180 Å². The number of fused-ring (bicyclic) bond motifs is 4. The summed E-state index contributed by atoms with van der Waals surface area (Å²) in [6.07, 6.45) is 12.1. The van der Waals surface area contributed by atoms with Crippen molar-refractivity contribution in [2.75, 3.05) is 197 Å². The Labute approximate surface area is 799 Å². The topological polar surface area (TPSA) is 197 Å². The smallest absolute Gasteiger partial charge is 0.251 e. The van der Waals surface area contributed by atoms with Crippen molar-refractivity contribution in [3.05, 3.63) is 253 Å². The average Bonchev–Trinajstić information content (AvgIpc) is 1.64. The Morgan fingerprint density at radius 1 is 0.407 bits per heavy atom. The zero-order chi connectivity index (χ0) is 92.6. The predicted octanol–water partition coefficient (Wildman–Crippen LogP) is 18.0. The molecule has 1 aliphatic carbocycles. The molecular formula is C113H143FN20O. The fourth-order valence-corrected chi connectivity index (χ4v) is 21.3. The van der Waals surface area contributed by atoms with Gasteiger partial charge in [-0.2, -0.15) is 5.26 Å². The second-order valence-electron chi connectivity index (χ2n) is 39.8. The van der Waals surface area contributed by atoms with Gasteiger partial charge < -0.3 is 71.0 Å². The molecule has 21 nitrogen and oxygen atoms in total. The van der Waals surface area contributed by atoms with Gasteiger partial charge in [-0.25, -0.2) is 4.39 Å². The molecule has 135 heavy (non-hydrogen) atoms. The molecule has 8 fully saturated rings. The first-order valence-corrected chi connectivity index (χ1v) is 50.5.